The van der Waals surface area contributed by atoms with Crippen molar-refractivity contribution in [3.8, 4) is 0 Å². The highest BCUT2D eigenvalue weighted by molar-refractivity contribution is 4.74. The lowest BCUT2D eigenvalue weighted by atomic mass is 10.1. The summed E-state index contributed by atoms with van der Waals surface area (Å²) in [5.74, 6) is 0. The van der Waals surface area contributed by atoms with Crippen LogP contribution in [0.25, 0.3) is 0 Å². The van der Waals surface area contributed by atoms with Gasteiger partial charge in [0.1, 0.15) is 0 Å². The Labute approximate surface area is 407 Å². The molecule has 0 aromatic carbocycles. The van der Waals surface area contributed by atoms with E-state index in [1.54, 1.807) is 28.4 Å². The lowest BCUT2D eigenvalue weighted by molar-refractivity contribution is 0.0231. The molecule has 0 aliphatic rings. The van der Waals surface area contributed by atoms with Crippen molar-refractivity contribution in [2.45, 2.75) is 112 Å². The maximum absolute atomic E-state index is 8.76. The van der Waals surface area contributed by atoms with Gasteiger partial charge in [0.15, 0.2) is 0 Å². The Morgan fingerprint density at radius 1 is 0.303 bits per heavy atom. The topological polar surface area (TPSA) is 146 Å². The van der Waals surface area contributed by atoms with E-state index < -0.39 is 0 Å². The molecule has 16 nitrogen and oxygen atoms in total. The van der Waals surface area contributed by atoms with Gasteiger partial charge in [0.25, 0.3) is 0 Å². The van der Waals surface area contributed by atoms with Gasteiger partial charge in [-0.1, -0.05) is 34.6 Å². The predicted octanol–water partition coefficient (Wildman–Crippen LogP) is 5.84. The van der Waals surface area contributed by atoms with Crippen LogP contribution in [0.1, 0.15) is 107 Å². The van der Waals surface area contributed by atoms with E-state index in [4.69, 9.17) is 57.6 Å². The first kappa shape index (κ1) is 71.9. The fourth-order valence-corrected chi connectivity index (χ4v) is 6.20. The number of rotatable bonds is 47. The molecule has 0 unspecified atom stereocenters. The standard InChI is InChI=1S/C15H33NO3.C13H29NO3.C12H27NO2.C10H23NO4/c1-6-16(15(2,3)4)9-7-8-10-18-13-14-19-12-11-17-5;1-4-14(5-2)8-6-7-9-16-12-13-17-11-10-15-3;1-4-13(5-2)9-12-15-11-8-6-7-10-14-3;1-14-9-10-15-8-2-3-11(4-6-12)5-7-13/h6-14H2,1-5H3;4-13H2,1-3H3;4-12H2,1-3H3;12-13H,2-10H2,1H3. The molecule has 0 spiro atoms. The van der Waals surface area contributed by atoms with Crippen LogP contribution in [-0.4, -0.2) is 255 Å². The molecule has 0 radical (unpaired) electrons. The second-order valence-corrected chi connectivity index (χ2v) is 16.6. The van der Waals surface area contributed by atoms with Gasteiger partial charge in [0.2, 0.25) is 0 Å². The van der Waals surface area contributed by atoms with Gasteiger partial charge in [0.05, 0.1) is 85.9 Å². The van der Waals surface area contributed by atoms with Gasteiger partial charge in [-0.25, -0.2) is 0 Å². The number of hydrogen-bond donors (Lipinski definition) is 2. The Hall–Kier alpha value is -0.640. The Morgan fingerprint density at radius 2 is 0.636 bits per heavy atom. The number of aliphatic hydroxyl groups is 2. The summed E-state index contributed by atoms with van der Waals surface area (Å²) >= 11 is 0. The summed E-state index contributed by atoms with van der Waals surface area (Å²) in [6.45, 7) is 40.7. The molecular weight excluding hydrogens is 849 g/mol. The number of methoxy groups -OCH3 is 4. The van der Waals surface area contributed by atoms with Gasteiger partial charge in [-0.05, 0) is 118 Å². The second-order valence-electron chi connectivity index (χ2n) is 16.6. The van der Waals surface area contributed by atoms with Crippen molar-refractivity contribution >= 4 is 0 Å². The number of hydrogen-bond acceptors (Lipinski definition) is 16. The molecule has 66 heavy (non-hydrogen) atoms. The average molecular weight is 961 g/mol. The summed E-state index contributed by atoms with van der Waals surface area (Å²) in [6.07, 6.45) is 9.07. The Bertz CT molecular complexity index is 825. The molecule has 0 heterocycles. The van der Waals surface area contributed by atoms with Crippen molar-refractivity contribution in [3.63, 3.8) is 0 Å². The molecular formula is C50H112N4O12. The zero-order valence-electron chi connectivity index (χ0n) is 45.4. The molecule has 0 aromatic rings. The third-order valence-electron chi connectivity index (χ3n) is 10.4. The molecule has 0 bridgehead atoms. The smallest absolute Gasteiger partial charge is 0.0701 e. The zero-order chi connectivity index (χ0) is 50.0. The van der Waals surface area contributed by atoms with E-state index in [2.05, 4.69) is 70.1 Å². The monoisotopic (exact) mass is 961 g/mol. The van der Waals surface area contributed by atoms with Gasteiger partial charge in [-0.15, -0.1) is 0 Å². The van der Waals surface area contributed by atoms with E-state index in [0.29, 0.717) is 85.8 Å². The lowest BCUT2D eigenvalue weighted by Gasteiger charge is -2.34. The van der Waals surface area contributed by atoms with Crippen LogP contribution in [0.15, 0.2) is 0 Å². The number of aliphatic hydroxyl groups excluding tert-OH is 2. The van der Waals surface area contributed by atoms with Crippen LogP contribution in [0.3, 0.4) is 0 Å². The largest absolute Gasteiger partial charge is 0.395 e. The average Bonchev–Trinajstić information content (AvgIpc) is 3.31. The third kappa shape index (κ3) is 61.4. The molecule has 404 valence electrons. The summed E-state index contributed by atoms with van der Waals surface area (Å²) in [7, 11) is 6.75. The van der Waals surface area contributed by atoms with Crippen LogP contribution < -0.4 is 0 Å². The highest BCUT2D eigenvalue weighted by Crippen LogP contribution is 2.13. The molecule has 0 rings (SSSR count). The molecule has 0 atom stereocenters. The van der Waals surface area contributed by atoms with E-state index in [9.17, 15) is 0 Å². The van der Waals surface area contributed by atoms with Crippen LogP contribution in [0.4, 0.5) is 0 Å². The van der Waals surface area contributed by atoms with Gasteiger partial charge < -0.3 is 67.4 Å². The van der Waals surface area contributed by atoms with Crippen LogP contribution in [0, 0.1) is 0 Å². The first-order valence-electron chi connectivity index (χ1n) is 25.6. The molecule has 0 aliphatic heterocycles. The van der Waals surface area contributed by atoms with Crippen molar-refractivity contribution in [1.82, 2.24) is 19.6 Å². The predicted molar refractivity (Wildman–Crippen MR) is 273 cm³/mol. The summed E-state index contributed by atoms with van der Waals surface area (Å²) in [6, 6.07) is 0. The fourth-order valence-electron chi connectivity index (χ4n) is 6.20. The highest BCUT2D eigenvalue weighted by atomic mass is 16.5. The van der Waals surface area contributed by atoms with Crippen LogP contribution in [0.2, 0.25) is 0 Å². The van der Waals surface area contributed by atoms with Crippen molar-refractivity contribution < 1.29 is 57.6 Å². The Kier molecular flexibility index (Phi) is 68.0. The molecule has 0 saturated carbocycles. The lowest BCUT2D eigenvalue weighted by Crippen LogP contribution is -2.41. The van der Waals surface area contributed by atoms with E-state index >= 15 is 0 Å². The van der Waals surface area contributed by atoms with Crippen LogP contribution in [-0.2, 0) is 47.4 Å². The van der Waals surface area contributed by atoms with Gasteiger partial charge in [-0.2, -0.15) is 0 Å². The normalized spacial score (nSPS) is 11.5. The van der Waals surface area contributed by atoms with Crippen molar-refractivity contribution in [3.05, 3.63) is 0 Å². The molecule has 0 aliphatic carbocycles. The number of unbranched alkanes of at least 4 members (excludes halogenated alkanes) is 4. The highest BCUT2D eigenvalue weighted by Gasteiger charge is 2.18. The first-order chi connectivity index (χ1) is 32.1. The van der Waals surface area contributed by atoms with Gasteiger partial charge in [0, 0.05) is 93.2 Å². The SMILES string of the molecule is CCN(CC)CCCCOCCOCCOC.CCN(CC)CCOCCCCCOC.CCN(CCCCOCCOCCOC)C(C)(C)C.COCCOCCCN(CCO)CCO. The number of ether oxygens (including phenoxy) is 10. The van der Waals surface area contributed by atoms with Crippen molar-refractivity contribution in [1.29, 1.82) is 0 Å². The molecule has 2 N–H and O–H groups in total. The summed E-state index contributed by atoms with van der Waals surface area (Å²) < 4.78 is 52.1. The summed E-state index contributed by atoms with van der Waals surface area (Å²) in [5.41, 5.74) is 0.269. The van der Waals surface area contributed by atoms with Gasteiger partial charge in [-0.3, -0.25) is 9.80 Å². The Balaban J connectivity index is -0.000000390. The maximum Gasteiger partial charge on any atom is 0.0701 e. The molecule has 0 amide bonds. The zero-order valence-corrected chi connectivity index (χ0v) is 45.4. The third-order valence-corrected chi connectivity index (χ3v) is 10.4. The number of nitrogens with zero attached hydrogens (tertiary/aromatic N) is 4. The minimum absolute atomic E-state index is 0.129. The molecule has 0 saturated heterocycles. The maximum atomic E-state index is 8.76. The van der Waals surface area contributed by atoms with Crippen LogP contribution in [0.5, 0.6) is 0 Å². The van der Waals surface area contributed by atoms with Crippen LogP contribution >= 0.6 is 0 Å². The number of likely N-dealkylation sites (N-methyl/N-ethyl adjacent to an activating group) is 1. The van der Waals surface area contributed by atoms with Gasteiger partial charge >= 0.3 is 0 Å². The van der Waals surface area contributed by atoms with Crippen molar-refractivity contribution in [2.24, 2.45) is 0 Å². The molecule has 0 aromatic heterocycles. The van der Waals surface area contributed by atoms with E-state index in [0.717, 1.165) is 117 Å². The molecule has 0 fully saturated rings. The Morgan fingerprint density at radius 3 is 1.03 bits per heavy atom. The second kappa shape index (κ2) is 62.4. The summed E-state index contributed by atoms with van der Waals surface area (Å²) in [4.78, 5) is 9.33. The van der Waals surface area contributed by atoms with E-state index in [1.165, 1.54) is 25.8 Å². The van der Waals surface area contributed by atoms with E-state index in [-0.39, 0.29) is 18.8 Å². The minimum Gasteiger partial charge on any atom is -0.395 e. The minimum atomic E-state index is 0.129. The summed E-state index contributed by atoms with van der Waals surface area (Å²) in [5, 5.41) is 17.5. The first-order valence-corrected chi connectivity index (χ1v) is 25.6. The van der Waals surface area contributed by atoms with Crippen molar-refractivity contribution in [2.75, 3.05) is 219 Å². The fraction of sp³-hybridized carbons (Fsp3) is 1.00. The quantitative estimate of drug-likeness (QED) is 0.0704. The van der Waals surface area contributed by atoms with E-state index in [1.807, 2.05) is 4.90 Å². The molecule has 16 heteroatoms.